The Kier molecular flexibility index (Phi) is 3.87. The number of hydrogen-bond acceptors (Lipinski definition) is 2. The van der Waals surface area contributed by atoms with Crippen LogP contribution in [0.2, 0.25) is 5.02 Å². The summed E-state index contributed by atoms with van der Waals surface area (Å²) in [6, 6.07) is 7.63. The van der Waals surface area contributed by atoms with Crippen LogP contribution in [-0.2, 0) is 0 Å². The van der Waals surface area contributed by atoms with Crippen molar-refractivity contribution in [3.8, 4) is 5.75 Å². The topological polar surface area (TPSA) is 21.3 Å². The van der Waals surface area contributed by atoms with E-state index in [4.69, 9.17) is 16.3 Å². The summed E-state index contributed by atoms with van der Waals surface area (Å²) in [5, 5.41) is 4.07. The molecule has 0 aromatic heterocycles. The van der Waals surface area contributed by atoms with E-state index in [9.17, 15) is 0 Å². The van der Waals surface area contributed by atoms with Gasteiger partial charge >= 0.3 is 0 Å². The van der Waals surface area contributed by atoms with Crippen LogP contribution in [-0.4, -0.2) is 19.7 Å². The van der Waals surface area contributed by atoms with Crippen LogP contribution in [0.1, 0.15) is 12.8 Å². The fraction of sp³-hybridized carbons (Fsp3) is 0.500. The molecule has 0 radical (unpaired) electrons. The maximum absolute atomic E-state index is 6.00. The van der Waals surface area contributed by atoms with Crippen molar-refractivity contribution >= 4 is 11.6 Å². The molecule has 0 aliphatic carbocycles. The summed E-state index contributed by atoms with van der Waals surface area (Å²) in [6.45, 7) is 2.96. The van der Waals surface area contributed by atoms with Gasteiger partial charge in [0.25, 0.3) is 0 Å². The Morgan fingerprint density at radius 3 is 3.00 bits per heavy atom. The SMILES string of the molecule is Clc1ccccc1OC[C@@H]1CCCNC1. The number of ether oxygens (including phenoxy) is 1. The van der Waals surface area contributed by atoms with Crippen LogP contribution in [0.4, 0.5) is 0 Å². The molecule has 2 nitrogen and oxygen atoms in total. The largest absolute Gasteiger partial charge is 0.492 e. The summed E-state index contributed by atoms with van der Waals surface area (Å²) in [4.78, 5) is 0. The van der Waals surface area contributed by atoms with Crippen molar-refractivity contribution in [2.24, 2.45) is 5.92 Å². The van der Waals surface area contributed by atoms with Gasteiger partial charge in [-0.3, -0.25) is 0 Å². The van der Waals surface area contributed by atoms with Crippen molar-refractivity contribution in [1.82, 2.24) is 5.32 Å². The van der Waals surface area contributed by atoms with Gasteiger partial charge in [0.2, 0.25) is 0 Å². The second kappa shape index (κ2) is 5.38. The molecule has 0 saturated carbocycles. The van der Waals surface area contributed by atoms with Crippen molar-refractivity contribution in [3.05, 3.63) is 29.3 Å². The molecule has 82 valence electrons. The zero-order valence-corrected chi connectivity index (χ0v) is 9.46. The van der Waals surface area contributed by atoms with E-state index in [1.165, 1.54) is 12.8 Å². The number of benzene rings is 1. The van der Waals surface area contributed by atoms with Crippen LogP contribution in [0.5, 0.6) is 5.75 Å². The number of rotatable bonds is 3. The first-order valence-corrected chi connectivity index (χ1v) is 5.82. The summed E-state index contributed by atoms with van der Waals surface area (Å²) in [5.41, 5.74) is 0. The zero-order chi connectivity index (χ0) is 10.5. The quantitative estimate of drug-likeness (QED) is 0.854. The number of para-hydroxylation sites is 1. The smallest absolute Gasteiger partial charge is 0.137 e. The van der Waals surface area contributed by atoms with Crippen molar-refractivity contribution < 1.29 is 4.74 Å². The van der Waals surface area contributed by atoms with Crippen molar-refractivity contribution in [3.63, 3.8) is 0 Å². The molecular weight excluding hydrogens is 210 g/mol. The summed E-state index contributed by atoms with van der Waals surface area (Å²) >= 11 is 6.00. The highest BCUT2D eigenvalue weighted by atomic mass is 35.5. The van der Waals surface area contributed by atoms with Gasteiger partial charge in [-0.25, -0.2) is 0 Å². The highest BCUT2D eigenvalue weighted by Gasteiger charge is 2.13. The third kappa shape index (κ3) is 3.11. The highest BCUT2D eigenvalue weighted by molar-refractivity contribution is 6.32. The second-order valence-electron chi connectivity index (χ2n) is 3.95. The lowest BCUT2D eigenvalue weighted by Gasteiger charge is -2.22. The van der Waals surface area contributed by atoms with E-state index in [0.29, 0.717) is 10.9 Å². The van der Waals surface area contributed by atoms with E-state index in [1.807, 2.05) is 24.3 Å². The summed E-state index contributed by atoms with van der Waals surface area (Å²) in [5.74, 6) is 1.42. The third-order valence-corrected chi connectivity index (χ3v) is 3.02. The third-order valence-electron chi connectivity index (χ3n) is 2.71. The molecule has 1 heterocycles. The molecule has 0 spiro atoms. The van der Waals surface area contributed by atoms with Gasteiger partial charge in [-0.05, 0) is 31.5 Å². The lowest BCUT2D eigenvalue weighted by atomic mass is 10.0. The lowest BCUT2D eigenvalue weighted by molar-refractivity contribution is 0.218. The van der Waals surface area contributed by atoms with E-state index < -0.39 is 0 Å². The molecule has 1 aliphatic rings. The first-order chi connectivity index (χ1) is 7.36. The first-order valence-electron chi connectivity index (χ1n) is 5.44. The Bertz CT molecular complexity index is 310. The molecule has 2 rings (SSSR count). The van der Waals surface area contributed by atoms with E-state index in [0.717, 1.165) is 25.4 Å². The molecule has 15 heavy (non-hydrogen) atoms. The number of hydrogen-bond donors (Lipinski definition) is 1. The standard InChI is InChI=1S/C12H16ClNO/c13-11-5-1-2-6-12(11)15-9-10-4-3-7-14-8-10/h1-2,5-6,10,14H,3-4,7-9H2/t10-/m1/s1. The monoisotopic (exact) mass is 225 g/mol. The van der Waals surface area contributed by atoms with Gasteiger partial charge in [0.05, 0.1) is 11.6 Å². The summed E-state index contributed by atoms with van der Waals surface area (Å²) in [6.07, 6.45) is 2.49. The molecule has 0 bridgehead atoms. The summed E-state index contributed by atoms with van der Waals surface area (Å²) < 4.78 is 5.70. The van der Waals surface area contributed by atoms with Gasteiger partial charge in [-0.2, -0.15) is 0 Å². The number of halogens is 1. The molecule has 1 aromatic rings. The van der Waals surface area contributed by atoms with Gasteiger partial charge in [-0.1, -0.05) is 23.7 Å². The molecule has 1 aliphatic heterocycles. The van der Waals surface area contributed by atoms with Crippen LogP contribution in [0, 0.1) is 5.92 Å². The molecule has 1 atom stereocenters. The van der Waals surface area contributed by atoms with E-state index in [1.54, 1.807) is 0 Å². The average molecular weight is 226 g/mol. The Morgan fingerprint density at radius 1 is 1.40 bits per heavy atom. The van der Waals surface area contributed by atoms with Gasteiger partial charge < -0.3 is 10.1 Å². The van der Waals surface area contributed by atoms with Crippen molar-refractivity contribution in [2.45, 2.75) is 12.8 Å². The molecule has 0 amide bonds. The fourth-order valence-electron chi connectivity index (χ4n) is 1.84. The minimum Gasteiger partial charge on any atom is -0.492 e. The van der Waals surface area contributed by atoms with Gasteiger partial charge in [0.15, 0.2) is 0 Å². The molecule has 1 aromatic carbocycles. The Balaban J connectivity index is 1.84. The predicted molar refractivity (Wildman–Crippen MR) is 62.5 cm³/mol. The van der Waals surface area contributed by atoms with Crippen molar-refractivity contribution in [1.29, 1.82) is 0 Å². The molecule has 1 saturated heterocycles. The van der Waals surface area contributed by atoms with Crippen molar-refractivity contribution in [2.75, 3.05) is 19.7 Å². The lowest BCUT2D eigenvalue weighted by Crippen LogP contribution is -2.33. The zero-order valence-electron chi connectivity index (χ0n) is 8.71. The molecule has 0 unspecified atom stereocenters. The average Bonchev–Trinajstić information content (AvgIpc) is 2.29. The predicted octanol–water partition coefficient (Wildman–Crippen LogP) is 2.72. The van der Waals surface area contributed by atoms with Gasteiger partial charge in [0, 0.05) is 12.5 Å². The summed E-state index contributed by atoms with van der Waals surface area (Å²) in [7, 11) is 0. The molecular formula is C12H16ClNO. The Labute approximate surface area is 95.6 Å². The fourth-order valence-corrected chi connectivity index (χ4v) is 2.03. The van der Waals surface area contributed by atoms with Crippen LogP contribution in [0.25, 0.3) is 0 Å². The Morgan fingerprint density at radius 2 is 2.27 bits per heavy atom. The number of nitrogens with one attached hydrogen (secondary N) is 1. The van der Waals surface area contributed by atoms with E-state index >= 15 is 0 Å². The van der Waals surface area contributed by atoms with Crippen LogP contribution >= 0.6 is 11.6 Å². The number of piperidine rings is 1. The maximum atomic E-state index is 6.00. The van der Waals surface area contributed by atoms with Crippen LogP contribution < -0.4 is 10.1 Å². The highest BCUT2D eigenvalue weighted by Crippen LogP contribution is 2.24. The second-order valence-corrected chi connectivity index (χ2v) is 4.36. The molecule has 3 heteroatoms. The van der Waals surface area contributed by atoms with Gasteiger partial charge in [-0.15, -0.1) is 0 Å². The molecule has 1 N–H and O–H groups in total. The maximum Gasteiger partial charge on any atom is 0.137 e. The minimum absolute atomic E-state index is 0.620. The molecule has 1 fully saturated rings. The minimum atomic E-state index is 0.620. The van der Waals surface area contributed by atoms with E-state index in [-0.39, 0.29) is 0 Å². The van der Waals surface area contributed by atoms with E-state index in [2.05, 4.69) is 5.32 Å². The Hall–Kier alpha value is -0.730. The first kappa shape index (κ1) is 10.8. The van der Waals surface area contributed by atoms with Crippen LogP contribution in [0.15, 0.2) is 24.3 Å². The van der Waals surface area contributed by atoms with Crippen LogP contribution in [0.3, 0.4) is 0 Å². The normalized spacial score (nSPS) is 21.3. The van der Waals surface area contributed by atoms with Gasteiger partial charge in [0.1, 0.15) is 5.75 Å².